The van der Waals surface area contributed by atoms with E-state index in [1.54, 1.807) is 11.1 Å². The van der Waals surface area contributed by atoms with Crippen molar-refractivity contribution in [2.24, 2.45) is 5.41 Å². The molecule has 0 saturated carbocycles. The number of benzene rings is 1. The molecule has 0 N–H and O–H groups in total. The fourth-order valence-corrected chi connectivity index (χ4v) is 3.85. The quantitative estimate of drug-likeness (QED) is 0.625. The first-order valence-electron chi connectivity index (χ1n) is 7.11. The molecule has 1 atom stereocenters. The van der Waals surface area contributed by atoms with Crippen molar-refractivity contribution in [3.63, 3.8) is 0 Å². The van der Waals surface area contributed by atoms with Crippen LogP contribution in [-0.2, 0) is 13.0 Å². The van der Waals surface area contributed by atoms with Crippen LogP contribution in [0.2, 0.25) is 0 Å². The minimum Gasteiger partial charge on any atom is -0.301 e. The monoisotopic (exact) mass is 241 g/mol. The molecule has 1 aliphatic heterocycles. The molecule has 0 radical (unpaired) electrons. The molecule has 1 spiro atoms. The summed E-state index contributed by atoms with van der Waals surface area (Å²) in [6.45, 7) is 4.61. The average molecular weight is 241 g/mol. The minimum atomic E-state index is 0.393. The Hall–Kier alpha value is -1.08. The van der Waals surface area contributed by atoms with Crippen LogP contribution in [-0.4, -0.2) is 18.5 Å². The van der Waals surface area contributed by atoms with Gasteiger partial charge in [0.1, 0.15) is 0 Å². The van der Waals surface area contributed by atoms with E-state index in [1.165, 1.54) is 37.8 Å². The lowest BCUT2D eigenvalue weighted by atomic mass is 9.72. The Labute approximate surface area is 111 Å². The highest BCUT2D eigenvalue weighted by Gasteiger charge is 2.34. The third kappa shape index (κ3) is 2.24. The number of hydrogen-bond acceptors (Lipinski definition) is 1. The van der Waals surface area contributed by atoms with Gasteiger partial charge in [-0.25, -0.2) is 0 Å². The Morgan fingerprint density at radius 2 is 1.94 bits per heavy atom. The zero-order chi connectivity index (χ0) is 12.6. The van der Waals surface area contributed by atoms with Crippen LogP contribution in [0.5, 0.6) is 0 Å². The Morgan fingerprint density at radius 1 is 1.17 bits per heavy atom. The Morgan fingerprint density at radius 3 is 2.72 bits per heavy atom. The molecule has 1 heteroatoms. The molecule has 0 fully saturated rings. The summed E-state index contributed by atoms with van der Waals surface area (Å²) < 4.78 is 0. The summed E-state index contributed by atoms with van der Waals surface area (Å²) in [6.07, 6.45) is 7.81. The third-order valence-electron chi connectivity index (χ3n) is 4.48. The largest absolute Gasteiger partial charge is 0.301 e. The van der Waals surface area contributed by atoms with Crippen LogP contribution in [0.25, 0.3) is 0 Å². The first kappa shape index (κ1) is 12.0. The lowest BCUT2D eigenvalue weighted by Crippen LogP contribution is -2.35. The fraction of sp³-hybridized carbons (Fsp3) is 0.529. The Bertz CT molecular complexity index is 474. The summed E-state index contributed by atoms with van der Waals surface area (Å²) in [7, 11) is 2.27. The van der Waals surface area contributed by atoms with Crippen LogP contribution in [0.15, 0.2) is 35.9 Å². The lowest BCUT2D eigenvalue weighted by Gasteiger charge is -2.36. The predicted octanol–water partition coefficient (Wildman–Crippen LogP) is 3.79. The minimum absolute atomic E-state index is 0.393. The second-order valence-electron chi connectivity index (χ2n) is 6.32. The van der Waals surface area contributed by atoms with Crippen LogP contribution in [0, 0.1) is 5.41 Å². The Balaban J connectivity index is 2.01. The van der Waals surface area contributed by atoms with E-state index in [9.17, 15) is 0 Å². The van der Waals surface area contributed by atoms with Gasteiger partial charge in [0, 0.05) is 18.5 Å². The van der Waals surface area contributed by atoms with E-state index >= 15 is 0 Å². The van der Waals surface area contributed by atoms with Gasteiger partial charge in [-0.1, -0.05) is 35.9 Å². The summed E-state index contributed by atoms with van der Waals surface area (Å²) in [6, 6.07) is 8.99. The van der Waals surface area contributed by atoms with Crippen LogP contribution >= 0.6 is 0 Å². The van der Waals surface area contributed by atoms with Crippen LogP contribution in [0.3, 0.4) is 0 Å². The van der Waals surface area contributed by atoms with E-state index in [2.05, 4.69) is 49.2 Å². The number of hydrogen-bond donors (Lipinski definition) is 0. The first-order valence-corrected chi connectivity index (χ1v) is 7.11. The number of nitrogens with zero attached hydrogens (tertiary/aromatic N) is 1. The molecule has 0 aromatic heterocycles. The van der Waals surface area contributed by atoms with Crippen molar-refractivity contribution in [3.8, 4) is 0 Å². The topological polar surface area (TPSA) is 3.24 Å². The molecule has 18 heavy (non-hydrogen) atoms. The van der Waals surface area contributed by atoms with Crippen LogP contribution in [0.1, 0.15) is 37.3 Å². The van der Waals surface area contributed by atoms with Gasteiger partial charge in [-0.3, -0.25) is 0 Å². The molecule has 1 aliphatic carbocycles. The zero-order valence-electron chi connectivity index (χ0n) is 11.6. The zero-order valence-corrected chi connectivity index (χ0v) is 11.6. The van der Waals surface area contributed by atoms with E-state index in [0.717, 1.165) is 6.54 Å². The van der Waals surface area contributed by atoms with Crippen LogP contribution in [0.4, 0.5) is 0 Å². The fourth-order valence-electron chi connectivity index (χ4n) is 3.85. The van der Waals surface area contributed by atoms with Crippen molar-refractivity contribution in [2.75, 3.05) is 13.6 Å². The van der Waals surface area contributed by atoms with Crippen molar-refractivity contribution >= 4 is 0 Å². The van der Waals surface area contributed by atoms with Gasteiger partial charge in [-0.15, -0.1) is 0 Å². The smallest absolute Gasteiger partial charge is 0.0233 e. The molecular formula is C17H23N. The first-order chi connectivity index (χ1) is 8.67. The maximum absolute atomic E-state index is 2.58. The molecule has 1 heterocycles. The Kier molecular flexibility index (Phi) is 3.03. The average Bonchev–Trinajstić information content (AvgIpc) is 2.43. The maximum Gasteiger partial charge on any atom is 0.0233 e. The summed E-state index contributed by atoms with van der Waals surface area (Å²) in [5.74, 6) is 0. The third-order valence-corrected chi connectivity index (χ3v) is 4.48. The molecule has 96 valence electrons. The predicted molar refractivity (Wildman–Crippen MR) is 76.5 cm³/mol. The number of rotatable bonds is 0. The summed E-state index contributed by atoms with van der Waals surface area (Å²) in [5, 5.41) is 0. The maximum atomic E-state index is 2.58. The highest BCUT2D eigenvalue weighted by Crippen LogP contribution is 2.40. The van der Waals surface area contributed by atoms with Gasteiger partial charge >= 0.3 is 0 Å². The summed E-state index contributed by atoms with van der Waals surface area (Å²) in [4.78, 5) is 2.50. The van der Waals surface area contributed by atoms with Gasteiger partial charge in [0.25, 0.3) is 0 Å². The van der Waals surface area contributed by atoms with Gasteiger partial charge in [0.15, 0.2) is 0 Å². The van der Waals surface area contributed by atoms with Crippen molar-refractivity contribution in [2.45, 2.75) is 39.2 Å². The highest BCUT2D eigenvalue weighted by molar-refractivity contribution is 5.31. The molecule has 0 amide bonds. The van der Waals surface area contributed by atoms with E-state index in [-0.39, 0.29) is 0 Å². The molecule has 0 saturated heterocycles. The highest BCUT2D eigenvalue weighted by atomic mass is 15.1. The second-order valence-corrected chi connectivity index (χ2v) is 6.32. The standard InChI is InChI=1S/C17H23N/c1-14-6-5-9-17(10-14)11-15-7-3-4-8-16(15)12-18(2)13-17/h3-4,7-8,10H,5-6,9,11-13H2,1-2H3. The molecule has 1 aromatic carbocycles. The van der Waals surface area contributed by atoms with Crippen LogP contribution < -0.4 is 0 Å². The molecule has 1 aromatic rings. The van der Waals surface area contributed by atoms with Crippen molar-refractivity contribution in [1.82, 2.24) is 4.90 Å². The SMILES string of the molecule is CC1=CC2(CCC1)Cc1ccccc1CN(C)C2. The molecular weight excluding hydrogens is 218 g/mol. The molecule has 2 aliphatic rings. The van der Waals surface area contributed by atoms with E-state index in [1.807, 2.05) is 0 Å². The van der Waals surface area contributed by atoms with Gasteiger partial charge in [0.05, 0.1) is 0 Å². The summed E-state index contributed by atoms with van der Waals surface area (Å²) in [5.41, 5.74) is 5.07. The lowest BCUT2D eigenvalue weighted by molar-refractivity contribution is 0.202. The molecule has 1 nitrogen and oxygen atoms in total. The number of allylic oxidation sites excluding steroid dienone is 1. The van der Waals surface area contributed by atoms with Gasteiger partial charge in [-0.2, -0.15) is 0 Å². The van der Waals surface area contributed by atoms with Gasteiger partial charge < -0.3 is 4.90 Å². The second kappa shape index (κ2) is 4.55. The van der Waals surface area contributed by atoms with Crippen molar-refractivity contribution in [3.05, 3.63) is 47.0 Å². The summed E-state index contributed by atoms with van der Waals surface area (Å²) >= 11 is 0. The molecule has 0 bridgehead atoms. The van der Waals surface area contributed by atoms with E-state index < -0.39 is 0 Å². The van der Waals surface area contributed by atoms with Crippen molar-refractivity contribution < 1.29 is 0 Å². The van der Waals surface area contributed by atoms with Gasteiger partial charge in [-0.05, 0) is 50.8 Å². The molecule has 1 unspecified atom stereocenters. The van der Waals surface area contributed by atoms with Gasteiger partial charge in [0.2, 0.25) is 0 Å². The van der Waals surface area contributed by atoms with E-state index in [0.29, 0.717) is 5.41 Å². The van der Waals surface area contributed by atoms with Crippen molar-refractivity contribution in [1.29, 1.82) is 0 Å². The normalized spacial score (nSPS) is 28.7. The molecule has 3 rings (SSSR count). The van der Waals surface area contributed by atoms with E-state index in [4.69, 9.17) is 0 Å². The number of fused-ring (bicyclic) bond motifs is 1.